The van der Waals surface area contributed by atoms with Gasteiger partial charge in [-0.2, -0.15) is 0 Å². The number of hydrogen-bond donors (Lipinski definition) is 2. The van der Waals surface area contributed by atoms with Crippen LogP contribution < -0.4 is 15.5 Å². The molecular weight excluding hydrogens is 383 g/mol. The van der Waals surface area contributed by atoms with Crippen molar-refractivity contribution < 1.29 is 14.0 Å². The second kappa shape index (κ2) is 8.83. The van der Waals surface area contributed by atoms with E-state index in [1.165, 1.54) is 12.1 Å². The normalized spacial score (nSPS) is 17.8. The summed E-state index contributed by atoms with van der Waals surface area (Å²) in [5.41, 5.74) is 3.47. The molecule has 0 aliphatic carbocycles. The topological polar surface area (TPSA) is 64.7 Å². The molecule has 2 fully saturated rings. The van der Waals surface area contributed by atoms with E-state index in [0.29, 0.717) is 18.7 Å². The lowest BCUT2D eigenvalue weighted by molar-refractivity contribution is 0.0909. The molecule has 0 saturated carbocycles. The number of aryl methyl sites for hydroxylation is 1. The monoisotopic (exact) mass is 410 g/mol. The summed E-state index contributed by atoms with van der Waals surface area (Å²) < 4.78 is 13.0. The van der Waals surface area contributed by atoms with Gasteiger partial charge >= 0.3 is 6.03 Å². The van der Waals surface area contributed by atoms with Crippen molar-refractivity contribution in [2.75, 3.05) is 31.1 Å². The zero-order valence-corrected chi connectivity index (χ0v) is 17.2. The van der Waals surface area contributed by atoms with E-state index < -0.39 is 0 Å². The first kappa shape index (κ1) is 20.3. The van der Waals surface area contributed by atoms with Gasteiger partial charge in [-0.15, -0.1) is 0 Å². The summed E-state index contributed by atoms with van der Waals surface area (Å²) in [7, 11) is 0. The molecular formula is C23H27FN4O2. The van der Waals surface area contributed by atoms with Crippen molar-refractivity contribution in [1.82, 2.24) is 15.5 Å². The van der Waals surface area contributed by atoms with Crippen LogP contribution in [0, 0.1) is 12.7 Å². The first-order chi connectivity index (χ1) is 14.5. The molecule has 2 aliphatic heterocycles. The van der Waals surface area contributed by atoms with E-state index >= 15 is 0 Å². The Morgan fingerprint density at radius 1 is 1.13 bits per heavy atom. The number of hydrogen-bond acceptors (Lipinski definition) is 3. The lowest BCUT2D eigenvalue weighted by Gasteiger charge is -2.32. The van der Waals surface area contributed by atoms with Crippen molar-refractivity contribution in [3.05, 3.63) is 65.0 Å². The maximum atomic E-state index is 13.0. The predicted octanol–water partition coefficient (Wildman–Crippen LogP) is 3.06. The van der Waals surface area contributed by atoms with E-state index in [0.717, 1.165) is 49.3 Å². The van der Waals surface area contributed by atoms with Gasteiger partial charge in [-0.3, -0.25) is 14.6 Å². The first-order valence-corrected chi connectivity index (χ1v) is 10.4. The van der Waals surface area contributed by atoms with Gasteiger partial charge in [-0.25, -0.2) is 9.18 Å². The summed E-state index contributed by atoms with van der Waals surface area (Å²) in [4.78, 5) is 28.6. The average Bonchev–Trinajstić information content (AvgIpc) is 3.16. The molecule has 0 atom stereocenters. The Morgan fingerprint density at radius 2 is 1.87 bits per heavy atom. The van der Waals surface area contributed by atoms with Gasteiger partial charge in [0, 0.05) is 50.0 Å². The Hall–Kier alpha value is -2.93. The number of nitrogens with zero attached hydrogens (tertiary/aromatic N) is 2. The third kappa shape index (κ3) is 4.62. The van der Waals surface area contributed by atoms with E-state index in [-0.39, 0.29) is 23.8 Å². The van der Waals surface area contributed by atoms with E-state index in [2.05, 4.69) is 15.5 Å². The Morgan fingerprint density at radius 3 is 2.50 bits per heavy atom. The minimum absolute atomic E-state index is 0.0764. The van der Waals surface area contributed by atoms with Gasteiger partial charge in [-0.05, 0) is 61.2 Å². The molecule has 2 aromatic carbocycles. The molecule has 0 aromatic heterocycles. The van der Waals surface area contributed by atoms with Gasteiger partial charge in [0.15, 0.2) is 0 Å². The quantitative estimate of drug-likeness (QED) is 0.796. The molecule has 2 heterocycles. The molecule has 2 aliphatic rings. The summed E-state index contributed by atoms with van der Waals surface area (Å²) in [5, 5.41) is 5.94. The van der Waals surface area contributed by atoms with Crippen molar-refractivity contribution in [2.24, 2.45) is 0 Å². The molecule has 0 spiro atoms. The van der Waals surface area contributed by atoms with Crippen LogP contribution >= 0.6 is 0 Å². The molecule has 30 heavy (non-hydrogen) atoms. The highest BCUT2D eigenvalue weighted by molar-refractivity contribution is 5.98. The van der Waals surface area contributed by atoms with Crippen LogP contribution in [0.3, 0.4) is 0 Å². The smallest absolute Gasteiger partial charge is 0.322 e. The number of nitrogens with one attached hydrogen (secondary N) is 2. The standard InChI is InChI=1S/C23H27FN4O2/c1-16-14-18(4-7-21(16)28-13-10-25-23(28)30)22(29)26-20-8-11-27(12-9-20)15-17-2-5-19(24)6-3-17/h2-7,14,20H,8-13,15H2,1H3,(H,25,30)(H,26,29). The number of carbonyl (C=O) groups excluding carboxylic acids is 2. The van der Waals surface area contributed by atoms with Gasteiger partial charge < -0.3 is 10.6 Å². The molecule has 2 aromatic rings. The maximum absolute atomic E-state index is 13.0. The molecule has 0 bridgehead atoms. The van der Waals surface area contributed by atoms with Gasteiger partial charge in [0.2, 0.25) is 0 Å². The third-order valence-corrected chi connectivity index (χ3v) is 5.85. The summed E-state index contributed by atoms with van der Waals surface area (Å²) in [5.74, 6) is -0.292. The molecule has 158 valence electrons. The number of likely N-dealkylation sites (tertiary alicyclic amines) is 1. The SMILES string of the molecule is Cc1cc(C(=O)NC2CCN(Cc3ccc(F)cc3)CC2)ccc1N1CCNC1=O. The van der Waals surface area contributed by atoms with Gasteiger partial charge in [-0.1, -0.05) is 12.1 Å². The summed E-state index contributed by atoms with van der Waals surface area (Å²) in [6.07, 6.45) is 1.77. The van der Waals surface area contributed by atoms with Gasteiger partial charge in [0.25, 0.3) is 5.91 Å². The zero-order chi connectivity index (χ0) is 21.1. The van der Waals surface area contributed by atoms with E-state index in [4.69, 9.17) is 0 Å². The number of piperidine rings is 1. The van der Waals surface area contributed by atoms with Crippen LogP contribution in [-0.4, -0.2) is 49.1 Å². The highest BCUT2D eigenvalue weighted by atomic mass is 19.1. The number of amides is 3. The van der Waals surface area contributed by atoms with Crippen LogP contribution in [0.25, 0.3) is 0 Å². The maximum Gasteiger partial charge on any atom is 0.322 e. The molecule has 4 rings (SSSR count). The van der Waals surface area contributed by atoms with E-state index in [9.17, 15) is 14.0 Å². The zero-order valence-electron chi connectivity index (χ0n) is 17.2. The third-order valence-electron chi connectivity index (χ3n) is 5.85. The van der Waals surface area contributed by atoms with Crippen molar-refractivity contribution in [2.45, 2.75) is 32.4 Å². The van der Waals surface area contributed by atoms with Crippen LogP contribution in [0.4, 0.5) is 14.9 Å². The Balaban J connectivity index is 1.30. The number of urea groups is 1. The van der Waals surface area contributed by atoms with E-state index in [1.807, 2.05) is 31.2 Å². The van der Waals surface area contributed by atoms with Crippen molar-refractivity contribution in [3.63, 3.8) is 0 Å². The fraction of sp³-hybridized carbons (Fsp3) is 0.391. The molecule has 6 nitrogen and oxygen atoms in total. The number of carbonyl (C=O) groups is 2. The fourth-order valence-corrected chi connectivity index (χ4v) is 4.15. The predicted molar refractivity (Wildman–Crippen MR) is 114 cm³/mol. The number of anilines is 1. The first-order valence-electron chi connectivity index (χ1n) is 10.4. The van der Waals surface area contributed by atoms with Crippen LogP contribution in [0.5, 0.6) is 0 Å². The Bertz CT molecular complexity index is 923. The second-order valence-corrected chi connectivity index (χ2v) is 8.04. The van der Waals surface area contributed by atoms with Crippen LogP contribution in [0.2, 0.25) is 0 Å². The van der Waals surface area contributed by atoms with E-state index in [1.54, 1.807) is 11.0 Å². The summed E-state index contributed by atoms with van der Waals surface area (Å²) in [6.45, 7) is 5.79. The molecule has 0 radical (unpaired) electrons. The van der Waals surface area contributed by atoms with Crippen LogP contribution in [-0.2, 0) is 6.54 Å². The summed E-state index contributed by atoms with van der Waals surface area (Å²) in [6, 6.07) is 12.2. The molecule has 7 heteroatoms. The van der Waals surface area contributed by atoms with Gasteiger partial charge in [0.05, 0.1) is 0 Å². The van der Waals surface area contributed by atoms with Crippen LogP contribution in [0.1, 0.15) is 34.3 Å². The lowest BCUT2D eigenvalue weighted by Crippen LogP contribution is -2.44. The molecule has 2 N–H and O–H groups in total. The van der Waals surface area contributed by atoms with Crippen LogP contribution in [0.15, 0.2) is 42.5 Å². The number of benzene rings is 2. The highest BCUT2D eigenvalue weighted by Crippen LogP contribution is 2.23. The lowest BCUT2D eigenvalue weighted by atomic mass is 10.0. The number of halogens is 1. The minimum atomic E-state index is -0.216. The van der Waals surface area contributed by atoms with Crippen molar-refractivity contribution in [1.29, 1.82) is 0 Å². The fourth-order valence-electron chi connectivity index (χ4n) is 4.15. The van der Waals surface area contributed by atoms with Crippen molar-refractivity contribution >= 4 is 17.6 Å². The second-order valence-electron chi connectivity index (χ2n) is 8.04. The number of rotatable bonds is 5. The Kier molecular flexibility index (Phi) is 5.99. The highest BCUT2D eigenvalue weighted by Gasteiger charge is 2.24. The molecule has 0 unspecified atom stereocenters. The molecule has 3 amide bonds. The molecule has 2 saturated heterocycles. The largest absolute Gasteiger partial charge is 0.349 e. The minimum Gasteiger partial charge on any atom is -0.349 e. The van der Waals surface area contributed by atoms with Crippen molar-refractivity contribution in [3.8, 4) is 0 Å². The Labute approximate surface area is 176 Å². The average molecular weight is 410 g/mol. The van der Waals surface area contributed by atoms with Gasteiger partial charge in [0.1, 0.15) is 5.82 Å². The summed E-state index contributed by atoms with van der Waals surface area (Å²) >= 11 is 0.